The zero-order valence-electron chi connectivity index (χ0n) is 12.3. The lowest BCUT2D eigenvalue weighted by atomic mass is 10.0. The van der Waals surface area contributed by atoms with E-state index in [1.54, 1.807) is 0 Å². The van der Waals surface area contributed by atoms with Gasteiger partial charge in [-0.1, -0.05) is 12.1 Å². The summed E-state index contributed by atoms with van der Waals surface area (Å²) in [6, 6.07) is 4.45. The lowest BCUT2D eigenvalue weighted by Crippen LogP contribution is -2.30. The maximum atomic E-state index is 11.6. The van der Waals surface area contributed by atoms with E-state index in [4.69, 9.17) is 4.74 Å². The van der Waals surface area contributed by atoms with Gasteiger partial charge in [0.1, 0.15) is 0 Å². The van der Waals surface area contributed by atoms with Gasteiger partial charge in [0.25, 0.3) is 0 Å². The molecule has 0 heterocycles. The Balaban J connectivity index is 1.93. The van der Waals surface area contributed by atoms with Gasteiger partial charge in [0.2, 0.25) is 0 Å². The largest absolute Gasteiger partial charge is 0.469 e. The van der Waals surface area contributed by atoms with Crippen LogP contribution < -0.4 is 5.32 Å². The topological polar surface area (TPSA) is 38.3 Å². The zero-order chi connectivity index (χ0) is 14.0. The molecule has 1 aromatic carbocycles. The maximum absolute atomic E-state index is 11.6. The number of rotatable bonds is 5. The van der Waals surface area contributed by atoms with Crippen LogP contribution in [0.4, 0.5) is 0 Å². The molecule has 1 aromatic rings. The molecule has 0 radical (unpaired) electrons. The third-order valence-corrected chi connectivity index (χ3v) is 4.20. The monoisotopic (exact) mass is 261 g/mol. The number of benzene rings is 1. The number of carbonyl (C=O) groups excluding carboxylic acids is 1. The van der Waals surface area contributed by atoms with Crippen LogP contribution in [0.15, 0.2) is 12.1 Å². The van der Waals surface area contributed by atoms with Gasteiger partial charge in [-0.2, -0.15) is 0 Å². The third-order valence-electron chi connectivity index (χ3n) is 4.20. The molecular weight excluding hydrogens is 238 g/mol. The summed E-state index contributed by atoms with van der Waals surface area (Å²) in [4.78, 5) is 11.6. The molecule has 0 atom stereocenters. The second kappa shape index (κ2) is 5.33. The predicted octanol–water partition coefficient (Wildman–Crippen LogP) is 2.65. The third kappa shape index (κ3) is 2.98. The van der Waals surface area contributed by atoms with Gasteiger partial charge in [0, 0.05) is 13.1 Å². The fourth-order valence-corrected chi connectivity index (χ4v) is 2.47. The highest BCUT2D eigenvalue weighted by Gasteiger charge is 2.50. The van der Waals surface area contributed by atoms with Gasteiger partial charge in [-0.3, -0.25) is 4.79 Å². The Kier molecular flexibility index (Phi) is 3.95. The van der Waals surface area contributed by atoms with Crippen molar-refractivity contribution in [2.75, 3.05) is 13.7 Å². The first-order chi connectivity index (χ1) is 8.98. The van der Waals surface area contributed by atoms with Crippen LogP contribution in [0.5, 0.6) is 0 Å². The van der Waals surface area contributed by atoms with E-state index in [1.165, 1.54) is 29.4 Å². The summed E-state index contributed by atoms with van der Waals surface area (Å²) in [7, 11) is 1.47. The molecule has 1 N–H and O–H groups in total. The van der Waals surface area contributed by atoms with Crippen molar-refractivity contribution in [3.05, 3.63) is 34.4 Å². The molecule has 0 spiro atoms. The fraction of sp³-hybridized carbons (Fsp3) is 0.562. The summed E-state index contributed by atoms with van der Waals surface area (Å²) in [5.41, 5.74) is 5.01. The molecule has 19 heavy (non-hydrogen) atoms. The number of esters is 1. The van der Waals surface area contributed by atoms with Crippen LogP contribution in [0.1, 0.15) is 35.1 Å². The minimum Gasteiger partial charge on any atom is -0.469 e. The van der Waals surface area contributed by atoms with E-state index in [9.17, 15) is 4.79 Å². The normalized spacial score (nSPS) is 16.2. The van der Waals surface area contributed by atoms with Crippen LogP contribution in [0.25, 0.3) is 0 Å². The van der Waals surface area contributed by atoms with Crippen molar-refractivity contribution in [1.29, 1.82) is 0 Å². The fourth-order valence-electron chi connectivity index (χ4n) is 2.47. The molecule has 1 saturated carbocycles. The van der Waals surface area contributed by atoms with Crippen molar-refractivity contribution in [2.45, 2.75) is 40.2 Å². The van der Waals surface area contributed by atoms with E-state index in [2.05, 4.69) is 38.2 Å². The molecule has 0 aliphatic heterocycles. The van der Waals surface area contributed by atoms with Gasteiger partial charge in [0.15, 0.2) is 0 Å². The van der Waals surface area contributed by atoms with Crippen LogP contribution >= 0.6 is 0 Å². The molecule has 0 amide bonds. The quantitative estimate of drug-likeness (QED) is 0.828. The van der Waals surface area contributed by atoms with Gasteiger partial charge in [-0.15, -0.1) is 0 Å². The van der Waals surface area contributed by atoms with Crippen LogP contribution in [0, 0.1) is 26.2 Å². The van der Waals surface area contributed by atoms with Crippen molar-refractivity contribution in [3.8, 4) is 0 Å². The molecule has 3 heteroatoms. The Morgan fingerprint density at radius 3 is 2.42 bits per heavy atom. The molecule has 1 aliphatic rings. The van der Waals surface area contributed by atoms with Crippen molar-refractivity contribution in [2.24, 2.45) is 5.41 Å². The number of ether oxygens (including phenoxy) is 1. The number of hydrogen-bond acceptors (Lipinski definition) is 3. The molecule has 0 aromatic heterocycles. The lowest BCUT2D eigenvalue weighted by Gasteiger charge is -2.15. The Labute approximate surface area is 115 Å². The second-order valence-electron chi connectivity index (χ2n) is 5.74. The summed E-state index contributed by atoms with van der Waals surface area (Å²) >= 11 is 0. The predicted molar refractivity (Wildman–Crippen MR) is 76.0 cm³/mol. The first kappa shape index (κ1) is 14.1. The van der Waals surface area contributed by atoms with Crippen molar-refractivity contribution in [1.82, 2.24) is 5.32 Å². The Morgan fingerprint density at radius 2 is 1.84 bits per heavy atom. The standard InChI is InChI=1S/C16H23NO2/c1-11-7-13(3)14(8-12(11)2)9-17-10-16(5-6-16)15(18)19-4/h7-8,17H,5-6,9-10H2,1-4H3. The highest BCUT2D eigenvalue weighted by molar-refractivity contribution is 5.80. The molecular formula is C16H23NO2. The van der Waals surface area contributed by atoms with Crippen LogP contribution in [0.3, 0.4) is 0 Å². The average Bonchev–Trinajstić information content (AvgIpc) is 3.15. The Morgan fingerprint density at radius 1 is 1.21 bits per heavy atom. The number of aryl methyl sites for hydroxylation is 3. The van der Waals surface area contributed by atoms with E-state index in [0.717, 1.165) is 19.4 Å². The minimum atomic E-state index is -0.248. The number of methoxy groups -OCH3 is 1. The highest BCUT2D eigenvalue weighted by Crippen LogP contribution is 2.46. The zero-order valence-corrected chi connectivity index (χ0v) is 12.3. The van der Waals surface area contributed by atoms with Gasteiger partial charge in [-0.05, 0) is 55.9 Å². The van der Waals surface area contributed by atoms with Gasteiger partial charge in [-0.25, -0.2) is 0 Å². The summed E-state index contributed by atoms with van der Waals surface area (Å²) in [6.07, 6.45) is 1.89. The van der Waals surface area contributed by atoms with Crippen molar-refractivity contribution < 1.29 is 9.53 Å². The first-order valence-corrected chi connectivity index (χ1v) is 6.84. The molecule has 1 aliphatic carbocycles. The summed E-state index contributed by atoms with van der Waals surface area (Å²) in [6.45, 7) is 7.93. The molecule has 104 valence electrons. The molecule has 3 nitrogen and oxygen atoms in total. The Bertz CT molecular complexity index is 490. The summed E-state index contributed by atoms with van der Waals surface area (Å²) in [5.74, 6) is -0.0724. The Hall–Kier alpha value is -1.35. The van der Waals surface area contributed by atoms with Crippen LogP contribution in [0.2, 0.25) is 0 Å². The molecule has 0 saturated heterocycles. The SMILES string of the molecule is COC(=O)C1(CNCc2cc(C)c(C)cc2C)CC1. The maximum Gasteiger partial charge on any atom is 0.313 e. The molecule has 2 rings (SSSR count). The molecule has 1 fully saturated rings. The van der Waals surface area contributed by atoms with Crippen LogP contribution in [-0.2, 0) is 16.1 Å². The number of carbonyl (C=O) groups is 1. The van der Waals surface area contributed by atoms with Gasteiger partial charge in [0.05, 0.1) is 12.5 Å². The van der Waals surface area contributed by atoms with E-state index < -0.39 is 0 Å². The van der Waals surface area contributed by atoms with E-state index in [-0.39, 0.29) is 11.4 Å². The number of hydrogen-bond donors (Lipinski definition) is 1. The van der Waals surface area contributed by atoms with Crippen molar-refractivity contribution >= 4 is 5.97 Å². The first-order valence-electron chi connectivity index (χ1n) is 6.84. The van der Waals surface area contributed by atoms with Gasteiger partial charge >= 0.3 is 5.97 Å². The highest BCUT2D eigenvalue weighted by atomic mass is 16.5. The lowest BCUT2D eigenvalue weighted by molar-refractivity contribution is -0.146. The smallest absolute Gasteiger partial charge is 0.313 e. The average molecular weight is 261 g/mol. The van der Waals surface area contributed by atoms with E-state index in [1.807, 2.05) is 0 Å². The van der Waals surface area contributed by atoms with Crippen LogP contribution in [-0.4, -0.2) is 19.6 Å². The molecule has 0 bridgehead atoms. The van der Waals surface area contributed by atoms with Crippen molar-refractivity contribution in [3.63, 3.8) is 0 Å². The molecule has 0 unspecified atom stereocenters. The summed E-state index contributed by atoms with van der Waals surface area (Å²) < 4.78 is 4.86. The van der Waals surface area contributed by atoms with E-state index >= 15 is 0 Å². The second-order valence-corrected chi connectivity index (χ2v) is 5.74. The van der Waals surface area contributed by atoms with E-state index in [0.29, 0.717) is 6.54 Å². The minimum absolute atomic E-state index is 0.0724. The number of nitrogens with one attached hydrogen (secondary N) is 1. The van der Waals surface area contributed by atoms with Gasteiger partial charge < -0.3 is 10.1 Å². The summed E-state index contributed by atoms with van der Waals surface area (Å²) in [5, 5.41) is 3.41.